The van der Waals surface area contributed by atoms with E-state index in [4.69, 9.17) is 4.74 Å². The second-order valence-corrected chi connectivity index (χ2v) is 2.88. The number of nitrogens with zero attached hydrogens (tertiary/aromatic N) is 1. The van der Waals surface area contributed by atoms with E-state index in [0.29, 0.717) is 0 Å². The first-order valence-corrected chi connectivity index (χ1v) is 3.50. The van der Waals surface area contributed by atoms with E-state index in [1.54, 1.807) is 12.4 Å². The summed E-state index contributed by atoms with van der Waals surface area (Å²) >= 11 is 3.23. The predicted octanol–water partition coefficient (Wildman–Crippen LogP) is 1.53. The first-order valence-electron chi connectivity index (χ1n) is 2.58. The lowest BCUT2D eigenvalue weighted by molar-refractivity contribution is 0.314. The van der Waals surface area contributed by atoms with Gasteiger partial charge in [0.25, 0.3) is 0 Å². The zero-order valence-electron chi connectivity index (χ0n) is 4.97. The van der Waals surface area contributed by atoms with Crippen LogP contribution in [0.1, 0.15) is 6.92 Å². The van der Waals surface area contributed by atoms with Crippen LogP contribution in [0.15, 0.2) is 12.4 Å². The Balaban J connectivity index is 2.48. The third-order valence-electron chi connectivity index (χ3n) is 0.772. The van der Waals surface area contributed by atoms with E-state index >= 15 is 0 Å². The molecular weight excluding hydrogens is 184 g/mol. The number of hydrogen-bond acceptors (Lipinski definition) is 2. The molecule has 9 heavy (non-hydrogen) atoms. The highest BCUT2D eigenvalue weighted by Gasteiger charge is 1.96. The fraction of sp³-hybridized carbons (Fsp3) is 0.400. The second-order valence-electron chi connectivity index (χ2n) is 1.59. The Labute approximate surface area is 61.5 Å². The minimum absolute atomic E-state index is 0.0371. The van der Waals surface area contributed by atoms with Crippen molar-refractivity contribution in [1.82, 2.24) is 10.2 Å². The maximum atomic E-state index is 5.18. The smallest absolute Gasteiger partial charge is 0.158 e. The van der Waals surface area contributed by atoms with Crippen LogP contribution in [0.2, 0.25) is 0 Å². The second kappa shape index (κ2) is 2.87. The molecule has 0 spiro atoms. The van der Waals surface area contributed by atoms with Gasteiger partial charge >= 0.3 is 0 Å². The number of H-pyrrole nitrogens is 1. The van der Waals surface area contributed by atoms with Crippen molar-refractivity contribution in [3.8, 4) is 5.75 Å². The largest absolute Gasteiger partial charge is 0.476 e. The Kier molecular flexibility index (Phi) is 2.10. The van der Waals surface area contributed by atoms with Crippen molar-refractivity contribution in [3.05, 3.63) is 12.4 Å². The summed E-state index contributed by atoms with van der Waals surface area (Å²) in [5.74, 6) is 0.749. The highest BCUT2D eigenvalue weighted by atomic mass is 79.9. The molecule has 0 amide bonds. The third kappa shape index (κ3) is 2.05. The molecule has 50 valence electrons. The quantitative estimate of drug-likeness (QED) is 0.719. The lowest BCUT2D eigenvalue weighted by Gasteiger charge is -2.02. The van der Waals surface area contributed by atoms with Crippen LogP contribution in [0.3, 0.4) is 0 Å². The lowest BCUT2D eigenvalue weighted by atomic mass is 10.6. The van der Waals surface area contributed by atoms with Crippen LogP contribution in [0, 0.1) is 0 Å². The van der Waals surface area contributed by atoms with Crippen LogP contribution in [0.25, 0.3) is 0 Å². The van der Waals surface area contributed by atoms with Crippen LogP contribution in [0.4, 0.5) is 0 Å². The van der Waals surface area contributed by atoms with E-state index in [9.17, 15) is 0 Å². The molecule has 0 aliphatic carbocycles. The maximum Gasteiger partial charge on any atom is 0.158 e. The molecule has 1 aromatic rings. The molecule has 0 fully saturated rings. The SMILES string of the molecule is CC(Br)Oc1cn[nH]c1. The average Bonchev–Trinajstić information content (AvgIpc) is 2.15. The Bertz CT molecular complexity index is 161. The summed E-state index contributed by atoms with van der Waals surface area (Å²) in [7, 11) is 0. The van der Waals surface area contributed by atoms with Crippen molar-refractivity contribution in [2.24, 2.45) is 0 Å². The van der Waals surface area contributed by atoms with E-state index in [-0.39, 0.29) is 5.01 Å². The van der Waals surface area contributed by atoms with Gasteiger partial charge in [0.15, 0.2) is 10.8 Å². The minimum atomic E-state index is 0.0371. The van der Waals surface area contributed by atoms with E-state index < -0.39 is 0 Å². The van der Waals surface area contributed by atoms with Crippen molar-refractivity contribution < 1.29 is 4.74 Å². The number of hydrogen-bond donors (Lipinski definition) is 1. The van der Waals surface area contributed by atoms with Gasteiger partial charge in [0, 0.05) is 0 Å². The van der Waals surface area contributed by atoms with Crippen LogP contribution in [-0.4, -0.2) is 15.2 Å². The molecule has 0 aliphatic heterocycles. The predicted molar refractivity (Wildman–Crippen MR) is 37.6 cm³/mol. The van der Waals surface area contributed by atoms with Crippen molar-refractivity contribution in [2.45, 2.75) is 11.9 Å². The summed E-state index contributed by atoms with van der Waals surface area (Å²) in [4.78, 5) is 0. The lowest BCUT2D eigenvalue weighted by Crippen LogP contribution is -1.99. The van der Waals surface area contributed by atoms with Crippen LogP contribution >= 0.6 is 15.9 Å². The summed E-state index contributed by atoms with van der Waals surface area (Å²) in [5.41, 5.74) is 0. The third-order valence-corrected chi connectivity index (χ3v) is 0.959. The summed E-state index contributed by atoms with van der Waals surface area (Å²) in [5, 5.41) is 6.38. The van der Waals surface area contributed by atoms with E-state index in [1.165, 1.54) is 0 Å². The van der Waals surface area contributed by atoms with Gasteiger partial charge in [0.05, 0.1) is 12.4 Å². The normalized spacial score (nSPS) is 13.1. The topological polar surface area (TPSA) is 37.9 Å². The number of alkyl halides is 1. The molecule has 0 radical (unpaired) electrons. The monoisotopic (exact) mass is 190 g/mol. The van der Waals surface area contributed by atoms with Gasteiger partial charge in [-0.05, 0) is 22.9 Å². The fourth-order valence-corrected chi connectivity index (χ4v) is 0.707. The summed E-state index contributed by atoms with van der Waals surface area (Å²) < 4.78 is 5.18. The van der Waals surface area contributed by atoms with Crippen LogP contribution in [-0.2, 0) is 0 Å². The first-order chi connectivity index (χ1) is 4.29. The Morgan fingerprint density at radius 3 is 3.11 bits per heavy atom. The standard InChI is InChI=1S/C5H7BrN2O/c1-4(6)9-5-2-7-8-3-5/h2-4H,1H3,(H,7,8). The minimum Gasteiger partial charge on any atom is -0.476 e. The van der Waals surface area contributed by atoms with Crippen molar-refractivity contribution >= 4 is 15.9 Å². The van der Waals surface area contributed by atoms with Gasteiger partial charge in [-0.2, -0.15) is 5.10 Å². The van der Waals surface area contributed by atoms with Gasteiger partial charge < -0.3 is 4.74 Å². The summed E-state index contributed by atoms with van der Waals surface area (Å²) in [6, 6.07) is 0. The van der Waals surface area contributed by atoms with Gasteiger partial charge in [-0.3, -0.25) is 5.10 Å². The fourth-order valence-electron chi connectivity index (χ4n) is 0.491. The van der Waals surface area contributed by atoms with Gasteiger partial charge in [-0.25, -0.2) is 0 Å². The number of aromatic amines is 1. The van der Waals surface area contributed by atoms with Crippen molar-refractivity contribution in [1.29, 1.82) is 0 Å². The molecule has 0 saturated heterocycles. The molecule has 1 heterocycles. The first kappa shape index (κ1) is 6.61. The van der Waals surface area contributed by atoms with Gasteiger partial charge in [0.2, 0.25) is 0 Å². The summed E-state index contributed by atoms with van der Waals surface area (Å²) in [6.45, 7) is 1.90. The molecule has 0 bridgehead atoms. The van der Waals surface area contributed by atoms with E-state index in [1.807, 2.05) is 6.92 Å². The highest BCUT2D eigenvalue weighted by molar-refractivity contribution is 9.09. The molecule has 1 N–H and O–H groups in total. The molecule has 0 saturated carbocycles. The van der Waals surface area contributed by atoms with E-state index in [0.717, 1.165) is 5.75 Å². The number of rotatable bonds is 2. The zero-order chi connectivity index (χ0) is 6.69. The average molecular weight is 191 g/mol. The molecule has 1 unspecified atom stereocenters. The van der Waals surface area contributed by atoms with Crippen molar-refractivity contribution in [3.63, 3.8) is 0 Å². The van der Waals surface area contributed by atoms with Gasteiger partial charge in [-0.15, -0.1) is 0 Å². The zero-order valence-corrected chi connectivity index (χ0v) is 6.55. The number of nitrogens with one attached hydrogen (secondary N) is 1. The molecule has 0 aliphatic rings. The molecule has 4 heteroatoms. The molecular formula is C5H7BrN2O. The molecule has 1 atom stereocenters. The number of halogens is 1. The Morgan fingerprint density at radius 1 is 1.89 bits per heavy atom. The van der Waals surface area contributed by atoms with Crippen LogP contribution < -0.4 is 4.74 Å². The van der Waals surface area contributed by atoms with E-state index in [2.05, 4.69) is 26.1 Å². The van der Waals surface area contributed by atoms with Crippen molar-refractivity contribution in [2.75, 3.05) is 0 Å². The molecule has 0 aromatic carbocycles. The molecule has 3 nitrogen and oxygen atoms in total. The maximum absolute atomic E-state index is 5.18. The number of ether oxygens (including phenoxy) is 1. The van der Waals surface area contributed by atoms with Gasteiger partial charge in [0.1, 0.15) is 0 Å². The number of aromatic nitrogens is 2. The summed E-state index contributed by atoms with van der Waals surface area (Å²) in [6.07, 6.45) is 3.32. The highest BCUT2D eigenvalue weighted by Crippen LogP contribution is 2.10. The Morgan fingerprint density at radius 2 is 2.67 bits per heavy atom. The Hall–Kier alpha value is -0.510. The van der Waals surface area contributed by atoms with Crippen LogP contribution in [0.5, 0.6) is 5.75 Å². The molecule has 1 rings (SSSR count). The van der Waals surface area contributed by atoms with Gasteiger partial charge in [-0.1, -0.05) is 0 Å². The molecule has 1 aromatic heterocycles.